The second-order valence-electron chi connectivity index (χ2n) is 2.39. The first-order valence-corrected chi connectivity index (χ1v) is 7.50. The molecule has 0 aromatic carbocycles. The number of pyridine rings is 1. The monoisotopic (exact) mass is 431 g/mol. The van der Waals surface area contributed by atoms with E-state index >= 15 is 0 Å². The number of nitrogens with zero attached hydrogens (tertiary/aromatic N) is 1. The van der Waals surface area contributed by atoms with Gasteiger partial charge in [0, 0.05) is 10.7 Å². The van der Waals surface area contributed by atoms with Crippen molar-refractivity contribution in [1.82, 2.24) is 4.98 Å². The van der Waals surface area contributed by atoms with Gasteiger partial charge in [0.2, 0.25) is 0 Å². The molecule has 1 aromatic rings. The molecule has 1 rings (SSSR count). The van der Waals surface area contributed by atoms with Crippen molar-refractivity contribution in [3.05, 3.63) is 19.9 Å². The van der Waals surface area contributed by atoms with Gasteiger partial charge in [-0.3, -0.25) is 0 Å². The molecular weight excluding hydrogens is 430 g/mol. The molecule has 0 radical (unpaired) electrons. The predicted octanol–water partition coefficient (Wildman–Crippen LogP) is 3.31. The lowest BCUT2D eigenvalue weighted by Gasteiger charge is -2.05. The van der Waals surface area contributed by atoms with Crippen LogP contribution in [-0.2, 0) is 9.05 Å². The van der Waals surface area contributed by atoms with Crippen LogP contribution in [0.15, 0.2) is 15.6 Å². The zero-order chi connectivity index (χ0) is 11.8. The molecule has 3 nitrogen and oxygen atoms in total. The molecule has 0 unspecified atom stereocenters. The highest BCUT2D eigenvalue weighted by Gasteiger charge is 2.21. The van der Waals surface area contributed by atoms with Crippen molar-refractivity contribution in [1.29, 1.82) is 0 Å². The van der Waals surface area contributed by atoms with E-state index in [1.807, 2.05) is 0 Å². The quantitative estimate of drug-likeness (QED) is 0.409. The smallest absolute Gasteiger partial charge is 0.239 e. The summed E-state index contributed by atoms with van der Waals surface area (Å²) >= 11 is 4.53. The average Bonchev–Trinajstić information content (AvgIpc) is 2.06. The molecule has 0 fully saturated rings. The lowest BCUT2D eigenvalue weighted by Crippen LogP contribution is -2.01. The molecule has 1 heterocycles. The second kappa shape index (κ2) is 4.76. The Morgan fingerprint density at radius 1 is 1.53 bits per heavy atom. The van der Waals surface area contributed by atoms with Crippen LogP contribution in [-0.4, -0.2) is 13.4 Å². The summed E-state index contributed by atoms with van der Waals surface area (Å²) in [6, 6.07) is 0.763. The highest BCUT2D eigenvalue weighted by atomic mass is 127. The van der Waals surface area contributed by atoms with Crippen LogP contribution in [0.25, 0.3) is 0 Å². The fourth-order valence-electron chi connectivity index (χ4n) is 0.783. The fourth-order valence-corrected chi connectivity index (χ4v) is 3.81. The van der Waals surface area contributed by atoms with Crippen molar-refractivity contribution in [2.45, 2.75) is 11.3 Å². The van der Waals surface area contributed by atoms with Crippen molar-refractivity contribution < 1.29 is 17.2 Å². The third-order valence-corrected chi connectivity index (χ3v) is 5.51. The molecule has 0 aliphatic heterocycles. The van der Waals surface area contributed by atoms with Gasteiger partial charge in [-0.25, -0.2) is 22.2 Å². The van der Waals surface area contributed by atoms with Crippen LogP contribution in [0, 0.1) is 3.57 Å². The molecule has 0 N–H and O–H groups in total. The Bertz CT molecular complexity index is 496. The van der Waals surface area contributed by atoms with Gasteiger partial charge in [0.25, 0.3) is 15.5 Å². The van der Waals surface area contributed by atoms with Gasteiger partial charge < -0.3 is 0 Å². The highest BCUT2D eigenvalue weighted by molar-refractivity contribution is 14.1. The standard InChI is InChI=1S/C6H2BrClF2INO2S/c7-5-4(11)3(15(8,13)14)1-2(12-5)6(9)10/h1,6H. The SMILES string of the molecule is O=S(=O)(Cl)c1cc(C(F)F)nc(Br)c1I. The third kappa shape index (κ3) is 3.21. The lowest BCUT2D eigenvalue weighted by atomic mass is 10.4. The Labute approximate surface area is 111 Å². The molecule has 0 aliphatic carbocycles. The van der Waals surface area contributed by atoms with Crippen LogP contribution in [0.4, 0.5) is 8.78 Å². The van der Waals surface area contributed by atoms with Crippen LogP contribution in [0.1, 0.15) is 12.1 Å². The third-order valence-electron chi connectivity index (χ3n) is 1.39. The van der Waals surface area contributed by atoms with E-state index in [1.165, 1.54) is 0 Å². The minimum atomic E-state index is -4.05. The number of halogens is 5. The molecule has 0 atom stereocenters. The van der Waals surface area contributed by atoms with Crippen molar-refractivity contribution in [3.63, 3.8) is 0 Å². The second-order valence-corrected chi connectivity index (χ2v) is 6.75. The van der Waals surface area contributed by atoms with E-state index in [2.05, 4.69) is 20.9 Å². The molecule has 0 aliphatic rings. The Kier molecular flexibility index (Phi) is 4.29. The molecule has 0 spiro atoms. The summed E-state index contributed by atoms with van der Waals surface area (Å²) in [5, 5.41) is 0. The molecule has 0 bridgehead atoms. The Morgan fingerprint density at radius 2 is 2.07 bits per heavy atom. The van der Waals surface area contributed by atoms with E-state index < -0.39 is 21.2 Å². The first-order valence-electron chi connectivity index (χ1n) is 3.32. The maximum atomic E-state index is 12.3. The molecule has 15 heavy (non-hydrogen) atoms. The lowest BCUT2D eigenvalue weighted by molar-refractivity contribution is 0.145. The molecule has 0 saturated heterocycles. The van der Waals surface area contributed by atoms with E-state index in [0.29, 0.717) is 0 Å². The maximum absolute atomic E-state index is 12.3. The van der Waals surface area contributed by atoms with E-state index in [9.17, 15) is 17.2 Å². The summed E-state index contributed by atoms with van der Waals surface area (Å²) in [6.45, 7) is 0. The number of hydrogen-bond donors (Lipinski definition) is 0. The van der Waals surface area contributed by atoms with Crippen molar-refractivity contribution in [2.24, 2.45) is 0 Å². The summed E-state index contributed by atoms with van der Waals surface area (Å²) < 4.78 is 46.9. The average molecular weight is 432 g/mol. The molecular formula is C6H2BrClF2INO2S. The largest absolute Gasteiger partial charge is 0.280 e. The molecule has 84 valence electrons. The minimum Gasteiger partial charge on any atom is -0.239 e. The fraction of sp³-hybridized carbons (Fsp3) is 0.167. The van der Waals surface area contributed by atoms with Gasteiger partial charge in [-0.1, -0.05) is 0 Å². The zero-order valence-corrected chi connectivity index (χ0v) is 12.0. The van der Waals surface area contributed by atoms with Crippen LogP contribution in [0.3, 0.4) is 0 Å². The van der Waals surface area contributed by atoms with E-state index in [1.54, 1.807) is 22.6 Å². The van der Waals surface area contributed by atoms with Gasteiger partial charge in [-0.2, -0.15) is 0 Å². The minimum absolute atomic E-state index is 0.0279. The first-order chi connectivity index (χ1) is 6.73. The summed E-state index contributed by atoms with van der Waals surface area (Å²) in [4.78, 5) is 3.11. The number of hydrogen-bond acceptors (Lipinski definition) is 3. The summed E-state index contributed by atoms with van der Waals surface area (Å²) in [7, 11) is 1.04. The van der Waals surface area contributed by atoms with E-state index in [0.717, 1.165) is 6.07 Å². The van der Waals surface area contributed by atoms with Crippen LogP contribution in [0.2, 0.25) is 0 Å². The van der Waals surface area contributed by atoms with Gasteiger partial charge in [-0.05, 0) is 44.6 Å². The molecule has 1 aromatic heterocycles. The predicted molar refractivity (Wildman–Crippen MR) is 62.6 cm³/mol. The number of rotatable bonds is 2. The van der Waals surface area contributed by atoms with Gasteiger partial charge in [0.05, 0.1) is 3.57 Å². The van der Waals surface area contributed by atoms with Gasteiger partial charge in [0.15, 0.2) is 0 Å². The van der Waals surface area contributed by atoms with E-state index in [-0.39, 0.29) is 13.1 Å². The number of alkyl halides is 2. The van der Waals surface area contributed by atoms with Gasteiger partial charge >= 0.3 is 0 Å². The van der Waals surface area contributed by atoms with Crippen LogP contribution >= 0.6 is 49.2 Å². The highest BCUT2D eigenvalue weighted by Crippen LogP contribution is 2.30. The van der Waals surface area contributed by atoms with Crippen molar-refractivity contribution >= 4 is 58.3 Å². The van der Waals surface area contributed by atoms with Gasteiger partial charge in [-0.15, -0.1) is 0 Å². The summed E-state index contributed by atoms with van der Waals surface area (Å²) in [5.74, 6) is 0. The number of aromatic nitrogens is 1. The van der Waals surface area contributed by atoms with Crippen molar-refractivity contribution in [2.75, 3.05) is 0 Å². The Hall–Kier alpha value is 0.460. The summed E-state index contributed by atoms with van der Waals surface area (Å²) in [6.07, 6.45) is -2.85. The molecule has 9 heteroatoms. The Morgan fingerprint density at radius 3 is 2.47 bits per heavy atom. The Balaban J connectivity index is 3.52. The normalized spacial score (nSPS) is 12.1. The van der Waals surface area contributed by atoms with Gasteiger partial charge in [0.1, 0.15) is 15.2 Å². The maximum Gasteiger partial charge on any atom is 0.280 e. The molecule has 0 amide bonds. The first kappa shape index (κ1) is 13.5. The van der Waals surface area contributed by atoms with Crippen LogP contribution < -0.4 is 0 Å². The summed E-state index contributed by atoms with van der Waals surface area (Å²) in [5.41, 5.74) is -0.637. The van der Waals surface area contributed by atoms with Crippen LogP contribution in [0.5, 0.6) is 0 Å². The van der Waals surface area contributed by atoms with Crippen molar-refractivity contribution in [3.8, 4) is 0 Å². The zero-order valence-electron chi connectivity index (χ0n) is 6.72. The topological polar surface area (TPSA) is 47.0 Å². The van der Waals surface area contributed by atoms with E-state index in [4.69, 9.17) is 10.7 Å². The molecule has 0 saturated carbocycles.